The standard InChI is InChI=1S/C18H25NO2/c1-2-3-4-5-6-11-21-17-8-7-16-12-15(9-10-20)14-19-18(16)13-17/h7-8,12-14,20H,2-6,9-11H2,1H3. The van der Waals surface area contributed by atoms with Crippen LogP contribution in [0.5, 0.6) is 5.75 Å². The Kier molecular flexibility index (Phi) is 6.48. The zero-order valence-corrected chi connectivity index (χ0v) is 12.8. The first-order valence-electron chi connectivity index (χ1n) is 7.96. The summed E-state index contributed by atoms with van der Waals surface area (Å²) in [5.41, 5.74) is 2.01. The summed E-state index contributed by atoms with van der Waals surface area (Å²) in [5.74, 6) is 0.889. The molecule has 0 atom stereocenters. The first-order chi connectivity index (χ1) is 10.3. The lowest BCUT2D eigenvalue weighted by Crippen LogP contribution is -1.98. The monoisotopic (exact) mass is 287 g/mol. The maximum Gasteiger partial charge on any atom is 0.121 e. The fourth-order valence-electron chi connectivity index (χ4n) is 2.40. The van der Waals surface area contributed by atoms with Crippen molar-refractivity contribution in [3.63, 3.8) is 0 Å². The highest BCUT2D eigenvalue weighted by Crippen LogP contribution is 2.20. The zero-order chi connectivity index (χ0) is 14.9. The van der Waals surface area contributed by atoms with E-state index in [0.29, 0.717) is 6.42 Å². The van der Waals surface area contributed by atoms with Crippen LogP contribution in [0.1, 0.15) is 44.6 Å². The number of nitrogens with zero attached hydrogens (tertiary/aromatic N) is 1. The van der Waals surface area contributed by atoms with Crippen LogP contribution in [-0.4, -0.2) is 23.3 Å². The summed E-state index contributed by atoms with van der Waals surface area (Å²) in [6.07, 6.45) is 8.72. The number of unbranched alkanes of at least 4 members (excludes halogenated alkanes) is 4. The molecule has 0 unspecified atom stereocenters. The van der Waals surface area contributed by atoms with E-state index in [1.54, 1.807) is 0 Å². The van der Waals surface area contributed by atoms with Crippen molar-refractivity contribution < 1.29 is 9.84 Å². The van der Waals surface area contributed by atoms with Crippen LogP contribution in [0.25, 0.3) is 10.9 Å². The Morgan fingerprint density at radius 2 is 1.95 bits per heavy atom. The van der Waals surface area contributed by atoms with Gasteiger partial charge in [-0.25, -0.2) is 0 Å². The second-order valence-corrected chi connectivity index (χ2v) is 5.43. The molecule has 3 nitrogen and oxygen atoms in total. The number of pyridine rings is 1. The van der Waals surface area contributed by atoms with Crippen LogP contribution in [0, 0.1) is 0 Å². The number of aliphatic hydroxyl groups excluding tert-OH is 1. The van der Waals surface area contributed by atoms with E-state index in [1.165, 1.54) is 25.7 Å². The van der Waals surface area contributed by atoms with E-state index in [1.807, 2.05) is 24.4 Å². The summed E-state index contributed by atoms with van der Waals surface area (Å²) in [7, 11) is 0. The van der Waals surface area contributed by atoms with Gasteiger partial charge < -0.3 is 9.84 Å². The molecule has 1 heterocycles. The van der Waals surface area contributed by atoms with Crippen molar-refractivity contribution >= 4 is 10.9 Å². The van der Waals surface area contributed by atoms with Crippen LogP contribution in [-0.2, 0) is 6.42 Å². The summed E-state index contributed by atoms with van der Waals surface area (Å²) < 4.78 is 5.79. The Bertz CT molecular complexity index is 554. The van der Waals surface area contributed by atoms with E-state index < -0.39 is 0 Å². The average Bonchev–Trinajstić information content (AvgIpc) is 2.51. The number of hydrogen-bond acceptors (Lipinski definition) is 3. The summed E-state index contributed by atoms with van der Waals surface area (Å²) >= 11 is 0. The first kappa shape index (κ1) is 15.8. The van der Waals surface area contributed by atoms with E-state index in [0.717, 1.165) is 35.2 Å². The highest BCUT2D eigenvalue weighted by Gasteiger charge is 2.01. The minimum Gasteiger partial charge on any atom is -0.494 e. The molecule has 0 spiro atoms. The second-order valence-electron chi connectivity index (χ2n) is 5.43. The van der Waals surface area contributed by atoms with Crippen molar-refractivity contribution in [1.82, 2.24) is 4.98 Å². The smallest absolute Gasteiger partial charge is 0.121 e. The van der Waals surface area contributed by atoms with Crippen molar-refractivity contribution in [3.05, 3.63) is 36.0 Å². The van der Waals surface area contributed by atoms with Gasteiger partial charge in [0.25, 0.3) is 0 Å². The van der Waals surface area contributed by atoms with Gasteiger partial charge in [-0.15, -0.1) is 0 Å². The second kappa shape index (κ2) is 8.63. The predicted octanol–water partition coefficient (Wildman–Crippen LogP) is 4.12. The molecular formula is C18H25NO2. The van der Waals surface area contributed by atoms with Crippen LogP contribution < -0.4 is 4.74 Å². The topological polar surface area (TPSA) is 42.4 Å². The molecule has 1 aromatic carbocycles. The third-order valence-corrected chi connectivity index (χ3v) is 3.63. The van der Waals surface area contributed by atoms with Crippen LogP contribution in [0.3, 0.4) is 0 Å². The number of aromatic nitrogens is 1. The molecule has 114 valence electrons. The Labute approximate surface area is 127 Å². The van der Waals surface area contributed by atoms with Crippen molar-refractivity contribution in [2.75, 3.05) is 13.2 Å². The maximum atomic E-state index is 8.96. The molecule has 0 bridgehead atoms. The number of rotatable bonds is 9. The van der Waals surface area contributed by atoms with Gasteiger partial charge in [-0.05, 0) is 36.6 Å². The van der Waals surface area contributed by atoms with Crippen LogP contribution >= 0.6 is 0 Å². The van der Waals surface area contributed by atoms with Gasteiger partial charge >= 0.3 is 0 Å². The molecule has 0 saturated carbocycles. The van der Waals surface area contributed by atoms with E-state index in [-0.39, 0.29) is 6.61 Å². The van der Waals surface area contributed by atoms with Gasteiger partial charge in [0.1, 0.15) is 5.75 Å². The molecule has 0 aliphatic rings. The van der Waals surface area contributed by atoms with Gasteiger partial charge in [-0.1, -0.05) is 32.6 Å². The van der Waals surface area contributed by atoms with Crippen LogP contribution in [0.15, 0.2) is 30.5 Å². The number of benzene rings is 1. The summed E-state index contributed by atoms with van der Waals surface area (Å²) in [6.45, 7) is 3.16. The quantitative estimate of drug-likeness (QED) is 0.705. The minimum absolute atomic E-state index is 0.159. The largest absolute Gasteiger partial charge is 0.494 e. The van der Waals surface area contributed by atoms with E-state index >= 15 is 0 Å². The number of ether oxygens (including phenoxy) is 1. The normalized spacial score (nSPS) is 11.0. The predicted molar refractivity (Wildman–Crippen MR) is 86.8 cm³/mol. The van der Waals surface area contributed by atoms with E-state index in [2.05, 4.69) is 18.0 Å². The lowest BCUT2D eigenvalue weighted by molar-refractivity contribution is 0.299. The molecule has 0 aliphatic carbocycles. The molecule has 2 rings (SSSR count). The lowest BCUT2D eigenvalue weighted by Gasteiger charge is -2.07. The molecule has 1 aromatic heterocycles. The fourth-order valence-corrected chi connectivity index (χ4v) is 2.40. The third kappa shape index (κ3) is 5.01. The molecule has 0 fully saturated rings. The molecule has 0 amide bonds. The summed E-state index contributed by atoms with van der Waals surface area (Å²) in [5, 5.41) is 10.1. The van der Waals surface area contributed by atoms with Gasteiger partial charge in [-0.2, -0.15) is 0 Å². The molecule has 21 heavy (non-hydrogen) atoms. The van der Waals surface area contributed by atoms with Crippen molar-refractivity contribution in [3.8, 4) is 5.75 Å². The Hall–Kier alpha value is -1.61. The lowest BCUT2D eigenvalue weighted by atomic mass is 10.1. The highest BCUT2D eigenvalue weighted by molar-refractivity contribution is 5.80. The van der Waals surface area contributed by atoms with E-state index in [4.69, 9.17) is 9.84 Å². The van der Waals surface area contributed by atoms with Crippen molar-refractivity contribution in [1.29, 1.82) is 0 Å². The first-order valence-corrected chi connectivity index (χ1v) is 7.96. The fraction of sp³-hybridized carbons (Fsp3) is 0.500. The number of fused-ring (bicyclic) bond motifs is 1. The van der Waals surface area contributed by atoms with Gasteiger partial charge in [0.15, 0.2) is 0 Å². The van der Waals surface area contributed by atoms with Crippen molar-refractivity contribution in [2.45, 2.75) is 45.4 Å². The number of aliphatic hydroxyl groups is 1. The SMILES string of the molecule is CCCCCCCOc1ccc2cc(CCO)cnc2c1. The Morgan fingerprint density at radius 1 is 1.10 bits per heavy atom. The van der Waals surface area contributed by atoms with E-state index in [9.17, 15) is 0 Å². The molecule has 1 N–H and O–H groups in total. The van der Waals surface area contributed by atoms with Gasteiger partial charge in [0.05, 0.1) is 12.1 Å². The molecule has 3 heteroatoms. The Balaban J connectivity index is 1.88. The van der Waals surface area contributed by atoms with Crippen molar-refractivity contribution in [2.24, 2.45) is 0 Å². The highest BCUT2D eigenvalue weighted by atomic mass is 16.5. The molecular weight excluding hydrogens is 262 g/mol. The maximum absolute atomic E-state index is 8.96. The summed E-state index contributed by atoms with van der Waals surface area (Å²) in [4.78, 5) is 4.44. The number of hydrogen-bond donors (Lipinski definition) is 1. The molecule has 0 radical (unpaired) electrons. The molecule has 2 aromatic rings. The summed E-state index contributed by atoms with van der Waals surface area (Å²) in [6, 6.07) is 8.10. The average molecular weight is 287 g/mol. The van der Waals surface area contributed by atoms with Gasteiger partial charge in [0.2, 0.25) is 0 Å². The minimum atomic E-state index is 0.159. The third-order valence-electron chi connectivity index (χ3n) is 3.63. The zero-order valence-electron chi connectivity index (χ0n) is 12.8. The van der Waals surface area contributed by atoms with Crippen LogP contribution in [0.2, 0.25) is 0 Å². The molecule has 0 saturated heterocycles. The Morgan fingerprint density at radius 3 is 2.76 bits per heavy atom. The van der Waals surface area contributed by atoms with Gasteiger partial charge in [0, 0.05) is 24.3 Å². The van der Waals surface area contributed by atoms with Gasteiger partial charge in [-0.3, -0.25) is 4.98 Å². The van der Waals surface area contributed by atoms with Crippen LogP contribution in [0.4, 0.5) is 0 Å². The molecule has 0 aliphatic heterocycles.